The van der Waals surface area contributed by atoms with Crippen LogP contribution in [-0.2, 0) is 11.3 Å². The summed E-state index contributed by atoms with van der Waals surface area (Å²) in [5.74, 6) is 2.36. The van der Waals surface area contributed by atoms with Crippen molar-refractivity contribution in [1.29, 1.82) is 0 Å². The fraction of sp³-hybridized carbons (Fsp3) is 0.370. The number of fused-ring (bicyclic) bond motifs is 4. The largest absolute Gasteiger partial charge is 0.432 e. The van der Waals surface area contributed by atoms with E-state index in [9.17, 15) is 0 Å². The summed E-state index contributed by atoms with van der Waals surface area (Å²) in [5, 5.41) is 2.05. The summed E-state index contributed by atoms with van der Waals surface area (Å²) in [6.07, 6.45) is 6.59. The fourth-order valence-corrected chi connectivity index (χ4v) is 5.15. The highest BCUT2D eigenvalue weighted by Crippen LogP contribution is 2.36. The van der Waals surface area contributed by atoms with Crippen LogP contribution in [0.25, 0.3) is 44.5 Å². The summed E-state index contributed by atoms with van der Waals surface area (Å²) >= 11 is 0. The maximum absolute atomic E-state index is 6.30. The summed E-state index contributed by atoms with van der Waals surface area (Å²) < 4.78 is 11.9. The van der Waals surface area contributed by atoms with Crippen molar-refractivity contribution < 1.29 is 9.15 Å². The predicted octanol–water partition coefficient (Wildman–Crippen LogP) is 4.60. The number of H-pyrrole nitrogens is 1. The molecule has 1 aromatic carbocycles. The second kappa shape index (κ2) is 8.32. The molecule has 1 N–H and O–H groups in total. The number of benzene rings is 1. The second-order valence-electron chi connectivity index (χ2n) is 9.83. The number of aromatic amines is 1. The number of nitrogens with one attached hydrogen (secondary N) is 1. The van der Waals surface area contributed by atoms with Crippen LogP contribution in [0.1, 0.15) is 18.4 Å². The summed E-state index contributed by atoms with van der Waals surface area (Å²) in [5.41, 5.74) is 5.36. The van der Waals surface area contributed by atoms with Crippen molar-refractivity contribution in [2.24, 2.45) is 5.92 Å². The number of pyridine rings is 1. The summed E-state index contributed by atoms with van der Waals surface area (Å²) in [7, 11) is 2.18. The van der Waals surface area contributed by atoms with Crippen molar-refractivity contribution in [1.82, 2.24) is 24.8 Å². The third-order valence-corrected chi connectivity index (χ3v) is 7.08. The molecular weight excluding hydrogens is 440 g/mol. The summed E-state index contributed by atoms with van der Waals surface area (Å²) in [4.78, 5) is 22.7. The Morgan fingerprint density at radius 2 is 2.00 bits per heavy atom. The molecule has 0 radical (unpaired) electrons. The van der Waals surface area contributed by atoms with Crippen LogP contribution in [0.4, 0.5) is 5.82 Å². The smallest absolute Gasteiger partial charge is 0.229 e. The van der Waals surface area contributed by atoms with Crippen molar-refractivity contribution in [3.8, 4) is 11.4 Å². The van der Waals surface area contributed by atoms with Crippen LogP contribution in [0.15, 0.2) is 47.1 Å². The first kappa shape index (κ1) is 20.8. The standard InChI is InChI=1S/C27H28N6O2/c1-32(15-17-5-6-17)16-18-13-21-23-24(35-27(21)29-14-18)26(33-9-11-34-12-10-33)31-25(30-23)20-3-2-4-22-19(20)7-8-28-22/h2-4,7-8,13-14,17,28H,5-6,9-12,15-16H2,1H3. The molecule has 8 nitrogen and oxygen atoms in total. The van der Waals surface area contributed by atoms with E-state index in [-0.39, 0.29) is 0 Å². The highest BCUT2D eigenvalue weighted by Gasteiger charge is 2.25. The average molecular weight is 469 g/mol. The minimum atomic E-state index is 0.606. The van der Waals surface area contributed by atoms with E-state index in [4.69, 9.17) is 19.1 Å². The monoisotopic (exact) mass is 468 g/mol. The number of anilines is 1. The van der Waals surface area contributed by atoms with Crippen molar-refractivity contribution in [3.05, 3.63) is 48.3 Å². The first-order valence-electron chi connectivity index (χ1n) is 12.4. The molecule has 7 rings (SSSR count). The molecule has 35 heavy (non-hydrogen) atoms. The number of morpholine rings is 1. The van der Waals surface area contributed by atoms with Gasteiger partial charge >= 0.3 is 0 Å². The number of aromatic nitrogens is 4. The lowest BCUT2D eigenvalue weighted by atomic mass is 10.1. The highest BCUT2D eigenvalue weighted by molar-refractivity contribution is 6.06. The topological polar surface area (TPSA) is 83.3 Å². The normalized spacial score (nSPS) is 16.8. The number of nitrogens with zero attached hydrogens (tertiary/aromatic N) is 5. The first-order valence-corrected chi connectivity index (χ1v) is 12.4. The molecule has 178 valence electrons. The molecule has 1 saturated carbocycles. The minimum absolute atomic E-state index is 0.606. The Morgan fingerprint density at radius 1 is 1.11 bits per heavy atom. The maximum atomic E-state index is 6.30. The minimum Gasteiger partial charge on any atom is -0.432 e. The Kier molecular flexibility index (Phi) is 4.96. The van der Waals surface area contributed by atoms with Gasteiger partial charge in [0.25, 0.3) is 0 Å². The Hall–Kier alpha value is -3.49. The van der Waals surface area contributed by atoms with Gasteiger partial charge in [-0.05, 0) is 49.6 Å². The van der Waals surface area contributed by atoms with Crippen LogP contribution < -0.4 is 4.90 Å². The van der Waals surface area contributed by atoms with Gasteiger partial charge in [-0.2, -0.15) is 0 Å². The van der Waals surface area contributed by atoms with Gasteiger partial charge in [-0.3, -0.25) is 0 Å². The lowest BCUT2D eigenvalue weighted by molar-refractivity contribution is 0.122. The van der Waals surface area contributed by atoms with Crippen LogP contribution >= 0.6 is 0 Å². The summed E-state index contributed by atoms with van der Waals surface area (Å²) in [6, 6.07) is 10.5. The van der Waals surface area contributed by atoms with Crippen LogP contribution in [0.3, 0.4) is 0 Å². The van der Waals surface area contributed by atoms with Gasteiger partial charge in [-0.15, -0.1) is 0 Å². The molecule has 0 amide bonds. The van der Waals surface area contributed by atoms with E-state index in [1.807, 2.05) is 18.5 Å². The molecule has 8 heteroatoms. The van der Waals surface area contributed by atoms with E-state index in [1.54, 1.807) is 0 Å². The molecule has 2 fully saturated rings. The van der Waals surface area contributed by atoms with Crippen molar-refractivity contribution in [2.45, 2.75) is 19.4 Å². The molecular formula is C27H28N6O2. The van der Waals surface area contributed by atoms with Gasteiger partial charge in [0.15, 0.2) is 17.2 Å². The summed E-state index contributed by atoms with van der Waals surface area (Å²) in [6.45, 7) is 4.87. The number of furan rings is 1. The van der Waals surface area contributed by atoms with Gasteiger partial charge in [-0.1, -0.05) is 12.1 Å². The zero-order valence-corrected chi connectivity index (χ0v) is 19.8. The van der Waals surface area contributed by atoms with E-state index < -0.39 is 0 Å². The molecule has 5 heterocycles. The lowest BCUT2D eigenvalue weighted by Crippen LogP contribution is -2.37. The van der Waals surface area contributed by atoms with Crippen molar-refractivity contribution in [2.75, 3.05) is 44.8 Å². The molecule has 2 aliphatic rings. The van der Waals surface area contributed by atoms with Crippen LogP contribution in [0, 0.1) is 5.92 Å². The van der Waals surface area contributed by atoms with Crippen molar-refractivity contribution >= 4 is 38.9 Å². The third-order valence-electron chi connectivity index (χ3n) is 7.08. The van der Waals surface area contributed by atoms with Gasteiger partial charge in [0.1, 0.15) is 5.52 Å². The lowest BCUT2D eigenvalue weighted by Gasteiger charge is -2.27. The first-order chi connectivity index (χ1) is 17.2. The van der Waals surface area contributed by atoms with E-state index in [0.717, 1.165) is 65.3 Å². The van der Waals surface area contributed by atoms with Crippen LogP contribution in [-0.4, -0.2) is 64.7 Å². The quantitative estimate of drug-likeness (QED) is 0.390. The SMILES string of the molecule is CN(Cc1cnc2oc3c(N4CCOCC4)nc(-c4cccc5[nH]ccc45)nc3c2c1)CC1CC1. The zero-order valence-electron chi connectivity index (χ0n) is 19.8. The molecule has 1 aliphatic heterocycles. The Bertz CT molecular complexity index is 1530. The van der Waals surface area contributed by atoms with E-state index in [2.05, 4.69) is 51.1 Å². The van der Waals surface area contributed by atoms with Gasteiger partial charge in [0, 0.05) is 55.0 Å². The Morgan fingerprint density at radius 3 is 2.86 bits per heavy atom. The van der Waals surface area contributed by atoms with Gasteiger partial charge < -0.3 is 23.9 Å². The van der Waals surface area contributed by atoms with Gasteiger partial charge in [-0.25, -0.2) is 15.0 Å². The molecule has 0 spiro atoms. The van der Waals surface area contributed by atoms with Crippen molar-refractivity contribution in [3.63, 3.8) is 0 Å². The molecule has 0 atom stereocenters. The molecule has 5 aromatic rings. The second-order valence-corrected chi connectivity index (χ2v) is 9.83. The van der Waals surface area contributed by atoms with Crippen LogP contribution in [0.2, 0.25) is 0 Å². The van der Waals surface area contributed by atoms with E-state index in [1.165, 1.54) is 18.4 Å². The predicted molar refractivity (Wildman–Crippen MR) is 136 cm³/mol. The molecule has 1 saturated heterocycles. The maximum Gasteiger partial charge on any atom is 0.229 e. The number of hydrogen-bond donors (Lipinski definition) is 1. The molecule has 0 bridgehead atoms. The zero-order chi connectivity index (χ0) is 23.4. The number of ether oxygens (including phenoxy) is 1. The Labute approximate surface area is 202 Å². The van der Waals surface area contributed by atoms with E-state index >= 15 is 0 Å². The number of hydrogen-bond acceptors (Lipinski definition) is 7. The fourth-order valence-electron chi connectivity index (χ4n) is 5.15. The molecule has 4 aromatic heterocycles. The molecule has 1 aliphatic carbocycles. The van der Waals surface area contributed by atoms with Gasteiger partial charge in [0.05, 0.1) is 18.6 Å². The van der Waals surface area contributed by atoms with Crippen LogP contribution in [0.5, 0.6) is 0 Å². The highest BCUT2D eigenvalue weighted by atomic mass is 16.5. The Balaban J connectivity index is 1.39. The average Bonchev–Trinajstić information content (AvgIpc) is 3.42. The van der Waals surface area contributed by atoms with Gasteiger partial charge in [0.2, 0.25) is 5.71 Å². The van der Waals surface area contributed by atoms with E-state index in [0.29, 0.717) is 30.3 Å². The molecule has 0 unspecified atom stereocenters. The number of rotatable bonds is 6. The third kappa shape index (κ3) is 3.83.